The Labute approximate surface area is 110 Å². The molecule has 94 valence electrons. The van der Waals surface area contributed by atoms with E-state index in [9.17, 15) is 5.11 Å². The van der Waals surface area contributed by atoms with Gasteiger partial charge in [0.25, 0.3) is 0 Å². The van der Waals surface area contributed by atoms with Crippen LogP contribution in [-0.4, -0.2) is 17.1 Å². The average Bonchev–Trinajstić information content (AvgIpc) is 3.10. The summed E-state index contributed by atoms with van der Waals surface area (Å²) in [6.07, 6.45) is 6.21. The summed E-state index contributed by atoms with van der Waals surface area (Å²) in [5, 5.41) is 9.68. The smallest absolute Gasteiger partial charge is 0.117 e. The average molecular weight is 253 g/mol. The zero-order valence-corrected chi connectivity index (χ0v) is 11.3. The van der Waals surface area contributed by atoms with Crippen molar-refractivity contribution in [3.8, 4) is 23.7 Å². The largest absolute Gasteiger partial charge is 0.380 e. The summed E-state index contributed by atoms with van der Waals surface area (Å²) in [4.78, 5) is 0. The van der Waals surface area contributed by atoms with Crippen molar-refractivity contribution in [2.45, 2.75) is 51.6 Å². The molecule has 0 heterocycles. The number of unbranched alkanes of at least 4 members (excludes halogenated alkanes) is 3. The Kier molecular flexibility index (Phi) is 7.18. The monoisotopic (exact) mass is 252 g/mol. The first-order chi connectivity index (χ1) is 8.29. The molecule has 17 heavy (non-hydrogen) atoms. The molecule has 0 aromatic carbocycles. The topological polar surface area (TPSA) is 20.2 Å². The second-order valence-corrected chi connectivity index (χ2v) is 4.84. The first-order valence-electron chi connectivity index (χ1n) is 6.47. The van der Waals surface area contributed by atoms with Gasteiger partial charge in [0.05, 0.1) is 5.88 Å². The SMILES string of the molecule is CCCCCC#CC[C@@H]1C[C@H]1C(O)C#CCCl. The van der Waals surface area contributed by atoms with Crippen molar-refractivity contribution < 1.29 is 5.11 Å². The quantitative estimate of drug-likeness (QED) is 0.453. The predicted octanol–water partition coefficient (Wildman–Crippen LogP) is 3.20. The van der Waals surface area contributed by atoms with E-state index in [0.717, 1.165) is 19.3 Å². The fourth-order valence-corrected chi connectivity index (χ4v) is 1.97. The molecule has 0 aromatic rings. The van der Waals surface area contributed by atoms with Crippen molar-refractivity contribution in [3.63, 3.8) is 0 Å². The lowest BCUT2D eigenvalue weighted by Crippen LogP contribution is -2.07. The molecule has 0 spiro atoms. The van der Waals surface area contributed by atoms with Gasteiger partial charge < -0.3 is 5.11 Å². The van der Waals surface area contributed by atoms with Crippen LogP contribution in [0.5, 0.6) is 0 Å². The number of aliphatic hydroxyl groups is 1. The fourth-order valence-electron chi connectivity index (χ4n) is 1.90. The lowest BCUT2D eigenvalue weighted by atomic mass is 10.1. The van der Waals surface area contributed by atoms with E-state index in [1.807, 2.05) is 0 Å². The highest BCUT2D eigenvalue weighted by Crippen LogP contribution is 2.43. The van der Waals surface area contributed by atoms with Crippen molar-refractivity contribution >= 4 is 11.6 Å². The maximum Gasteiger partial charge on any atom is 0.117 e. The van der Waals surface area contributed by atoms with Gasteiger partial charge in [-0.1, -0.05) is 31.6 Å². The summed E-state index contributed by atoms with van der Waals surface area (Å²) >= 11 is 5.44. The van der Waals surface area contributed by atoms with Gasteiger partial charge in [-0.05, 0) is 18.8 Å². The van der Waals surface area contributed by atoms with Gasteiger partial charge in [0, 0.05) is 18.8 Å². The Morgan fingerprint density at radius 3 is 2.82 bits per heavy atom. The molecule has 1 rings (SSSR count). The van der Waals surface area contributed by atoms with E-state index < -0.39 is 6.10 Å². The molecule has 1 fully saturated rings. The number of aliphatic hydroxyl groups excluding tert-OH is 1. The highest BCUT2D eigenvalue weighted by molar-refractivity contribution is 6.19. The van der Waals surface area contributed by atoms with Gasteiger partial charge in [-0.15, -0.1) is 23.4 Å². The lowest BCUT2D eigenvalue weighted by molar-refractivity contribution is 0.202. The van der Waals surface area contributed by atoms with E-state index in [0.29, 0.717) is 17.7 Å². The van der Waals surface area contributed by atoms with E-state index >= 15 is 0 Å². The number of alkyl halides is 1. The van der Waals surface area contributed by atoms with Crippen molar-refractivity contribution in [2.75, 3.05) is 5.88 Å². The molecule has 0 bridgehead atoms. The molecule has 0 radical (unpaired) electrons. The minimum Gasteiger partial charge on any atom is -0.380 e. The lowest BCUT2D eigenvalue weighted by Gasteiger charge is -1.99. The molecule has 1 N–H and O–H groups in total. The summed E-state index contributed by atoms with van der Waals surface area (Å²) in [6.45, 7) is 2.20. The van der Waals surface area contributed by atoms with Gasteiger partial charge in [0.2, 0.25) is 0 Å². The fraction of sp³-hybridized carbons (Fsp3) is 0.733. The van der Waals surface area contributed by atoms with E-state index in [4.69, 9.17) is 11.6 Å². The summed E-state index contributed by atoms with van der Waals surface area (Å²) in [7, 11) is 0. The van der Waals surface area contributed by atoms with Crippen LogP contribution in [-0.2, 0) is 0 Å². The molecule has 0 aromatic heterocycles. The van der Waals surface area contributed by atoms with E-state index in [1.165, 1.54) is 19.3 Å². The Morgan fingerprint density at radius 1 is 1.29 bits per heavy atom. The van der Waals surface area contributed by atoms with Gasteiger partial charge in [0.1, 0.15) is 6.10 Å². The molecule has 0 saturated heterocycles. The number of hydrogen-bond acceptors (Lipinski definition) is 1. The highest BCUT2D eigenvalue weighted by Gasteiger charge is 2.40. The van der Waals surface area contributed by atoms with Crippen LogP contribution in [0.3, 0.4) is 0 Å². The number of hydrogen-bond donors (Lipinski definition) is 1. The Morgan fingerprint density at radius 2 is 2.12 bits per heavy atom. The summed E-state index contributed by atoms with van der Waals surface area (Å²) in [5.41, 5.74) is 0. The van der Waals surface area contributed by atoms with Crippen LogP contribution in [0, 0.1) is 35.5 Å². The molecule has 1 nitrogen and oxygen atoms in total. The Bertz CT molecular complexity index is 328. The third-order valence-corrected chi connectivity index (χ3v) is 3.23. The minimum absolute atomic E-state index is 0.297. The molecule has 2 heteroatoms. The standard InChI is InChI=1S/C15H21ClO/c1-2-3-4-5-6-7-9-13-12-14(13)15(17)10-8-11-16/h13-15,17H,2-5,9,11-12H2,1H3/t13-,14-,15?/m1/s1. The molecule has 1 aliphatic rings. The second-order valence-electron chi connectivity index (χ2n) is 4.57. The second kappa shape index (κ2) is 8.46. The molecular weight excluding hydrogens is 232 g/mol. The van der Waals surface area contributed by atoms with Gasteiger partial charge in [-0.2, -0.15) is 0 Å². The molecule has 1 unspecified atom stereocenters. The van der Waals surface area contributed by atoms with Crippen molar-refractivity contribution in [2.24, 2.45) is 11.8 Å². The van der Waals surface area contributed by atoms with Crippen LogP contribution < -0.4 is 0 Å². The van der Waals surface area contributed by atoms with Gasteiger partial charge in [-0.3, -0.25) is 0 Å². The zero-order chi connectivity index (χ0) is 12.5. The summed E-state index contributed by atoms with van der Waals surface area (Å²) in [5.74, 6) is 13.1. The molecule has 1 saturated carbocycles. The molecule has 0 amide bonds. The zero-order valence-electron chi connectivity index (χ0n) is 10.5. The maximum absolute atomic E-state index is 9.68. The summed E-state index contributed by atoms with van der Waals surface area (Å²) in [6, 6.07) is 0. The molecular formula is C15H21ClO. The van der Waals surface area contributed by atoms with Crippen LogP contribution in [0.15, 0.2) is 0 Å². The van der Waals surface area contributed by atoms with Gasteiger partial charge in [-0.25, -0.2) is 0 Å². The van der Waals surface area contributed by atoms with Gasteiger partial charge >= 0.3 is 0 Å². The van der Waals surface area contributed by atoms with Crippen molar-refractivity contribution in [3.05, 3.63) is 0 Å². The van der Waals surface area contributed by atoms with Crippen LogP contribution in [0.2, 0.25) is 0 Å². The van der Waals surface area contributed by atoms with Crippen LogP contribution >= 0.6 is 11.6 Å². The van der Waals surface area contributed by atoms with Gasteiger partial charge in [0.15, 0.2) is 0 Å². The Balaban J connectivity index is 2.11. The molecule has 0 aliphatic heterocycles. The van der Waals surface area contributed by atoms with E-state index in [2.05, 4.69) is 30.6 Å². The van der Waals surface area contributed by atoms with Crippen molar-refractivity contribution in [1.82, 2.24) is 0 Å². The Hall–Kier alpha value is -0.630. The number of rotatable bonds is 5. The maximum atomic E-state index is 9.68. The first-order valence-corrected chi connectivity index (χ1v) is 7.01. The van der Waals surface area contributed by atoms with Crippen LogP contribution in [0.25, 0.3) is 0 Å². The normalized spacial score (nSPS) is 23.0. The first kappa shape index (κ1) is 14.4. The molecule has 1 aliphatic carbocycles. The molecule has 3 atom stereocenters. The van der Waals surface area contributed by atoms with Crippen LogP contribution in [0.1, 0.15) is 45.4 Å². The third kappa shape index (κ3) is 6.02. The van der Waals surface area contributed by atoms with E-state index in [1.54, 1.807) is 0 Å². The van der Waals surface area contributed by atoms with E-state index in [-0.39, 0.29) is 0 Å². The van der Waals surface area contributed by atoms with Crippen LogP contribution in [0.4, 0.5) is 0 Å². The minimum atomic E-state index is -0.499. The summed E-state index contributed by atoms with van der Waals surface area (Å²) < 4.78 is 0. The number of halogens is 1. The third-order valence-electron chi connectivity index (χ3n) is 3.09. The highest BCUT2D eigenvalue weighted by atomic mass is 35.5. The predicted molar refractivity (Wildman–Crippen MR) is 72.6 cm³/mol. The van der Waals surface area contributed by atoms with Crippen molar-refractivity contribution in [1.29, 1.82) is 0 Å².